The van der Waals surface area contributed by atoms with Crippen molar-refractivity contribution in [2.75, 3.05) is 11.1 Å². The molecule has 2 aromatic heterocycles. The third-order valence-electron chi connectivity index (χ3n) is 2.22. The number of hydrogen-bond donors (Lipinski definition) is 2. The summed E-state index contributed by atoms with van der Waals surface area (Å²) in [6, 6.07) is 9.56. The molecule has 0 aliphatic rings. The smallest absolute Gasteiger partial charge is 0.128 e. The van der Waals surface area contributed by atoms with Gasteiger partial charge in [0.05, 0.1) is 0 Å². The van der Waals surface area contributed by atoms with Crippen molar-refractivity contribution in [3.63, 3.8) is 0 Å². The van der Waals surface area contributed by atoms with E-state index in [0.717, 1.165) is 17.1 Å². The first-order valence-electron chi connectivity index (χ1n) is 5.12. The Morgan fingerprint density at radius 3 is 2.81 bits per heavy atom. The Hall–Kier alpha value is -2.10. The number of aryl methyl sites for hydroxylation is 1. The van der Waals surface area contributed by atoms with Crippen LogP contribution in [0.15, 0.2) is 36.5 Å². The van der Waals surface area contributed by atoms with Gasteiger partial charge in [0, 0.05) is 18.4 Å². The number of nitrogen functional groups attached to an aromatic ring is 1. The Balaban J connectivity index is 1.99. The van der Waals surface area contributed by atoms with Crippen LogP contribution in [0.25, 0.3) is 0 Å². The van der Waals surface area contributed by atoms with Gasteiger partial charge >= 0.3 is 0 Å². The monoisotopic (exact) mass is 214 g/mol. The summed E-state index contributed by atoms with van der Waals surface area (Å²) in [5.41, 5.74) is 7.72. The lowest BCUT2D eigenvalue weighted by atomic mass is 10.2. The SMILES string of the molecule is Cc1ccc(CNc2cccc(N)n2)cn1. The van der Waals surface area contributed by atoms with Gasteiger partial charge in [-0.3, -0.25) is 4.98 Å². The minimum atomic E-state index is 0.520. The number of nitrogens with one attached hydrogen (secondary N) is 1. The van der Waals surface area contributed by atoms with Crippen LogP contribution in [-0.4, -0.2) is 9.97 Å². The standard InChI is InChI=1S/C12H14N4/c1-9-5-6-10(7-14-9)8-15-12-4-2-3-11(13)16-12/h2-7H,8H2,1H3,(H3,13,15,16). The first-order valence-corrected chi connectivity index (χ1v) is 5.12. The molecule has 2 rings (SSSR count). The molecule has 4 nitrogen and oxygen atoms in total. The molecule has 16 heavy (non-hydrogen) atoms. The molecule has 0 bridgehead atoms. The van der Waals surface area contributed by atoms with Gasteiger partial charge in [0.15, 0.2) is 0 Å². The zero-order chi connectivity index (χ0) is 11.4. The van der Waals surface area contributed by atoms with Gasteiger partial charge in [-0.1, -0.05) is 12.1 Å². The van der Waals surface area contributed by atoms with E-state index >= 15 is 0 Å². The number of pyridine rings is 2. The fourth-order valence-electron chi connectivity index (χ4n) is 1.35. The lowest BCUT2D eigenvalue weighted by molar-refractivity contribution is 1.07. The van der Waals surface area contributed by atoms with E-state index in [1.54, 1.807) is 6.07 Å². The summed E-state index contributed by atoms with van der Waals surface area (Å²) in [4.78, 5) is 8.38. The molecule has 0 fully saturated rings. The summed E-state index contributed by atoms with van der Waals surface area (Å²) >= 11 is 0. The van der Waals surface area contributed by atoms with Crippen molar-refractivity contribution < 1.29 is 0 Å². The number of rotatable bonds is 3. The maximum atomic E-state index is 5.58. The van der Waals surface area contributed by atoms with Gasteiger partial charge < -0.3 is 11.1 Å². The average Bonchev–Trinajstić information content (AvgIpc) is 2.28. The van der Waals surface area contributed by atoms with E-state index < -0.39 is 0 Å². The predicted molar refractivity (Wildman–Crippen MR) is 65.0 cm³/mol. The van der Waals surface area contributed by atoms with Crippen molar-refractivity contribution in [1.29, 1.82) is 0 Å². The van der Waals surface area contributed by atoms with Crippen molar-refractivity contribution in [2.45, 2.75) is 13.5 Å². The summed E-state index contributed by atoms with van der Waals surface area (Å²) in [5.74, 6) is 1.30. The predicted octanol–water partition coefficient (Wildman–Crippen LogP) is 1.98. The maximum Gasteiger partial charge on any atom is 0.128 e. The molecule has 2 heterocycles. The quantitative estimate of drug-likeness (QED) is 0.820. The second-order valence-corrected chi connectivity index (χ2v) is 3.61. The molecule has 0 aromatic carbocycles. The topological polar surface area (TPSA) is 63.8 Å². The number of nitrogens with zero attached hydrogens (tertiary/aromatic N) is 2. The third-order valence-corrected chi connectivity index (χ3v) is 2.22. The number of aromatic nitrogens is 2. The molecule has 4 heteroatoms. The highest BCUT2D eigenvalue weighted by Gasteiger charge is 1.96. The first-order chi connectivity index (χ1) is 7.74. The van der Waals surface area contributed by atoms with Gasteiger partial charge in [0.1, 0.15) is 11.6 Å². The van der Waals surface area contributed by atoms with Crippen LogP contribution in [-0.2, 0) is 6.54 Å². The molecule has 0 aliphatic carbocycles. The average molecular weight is 214 g/mol. The fourth-order valence-corrected chi connectivity index (χ4v) is 1.35. The van der Waals surface area contributed by atoms with Crippen LogP contribution < -0.4 is 11.1 Å². The molecule has 0 aliphatic heterocycles. The Bertz CT molecular complexity index is 465. The van der Waals surface area contributed by atoms with E-state index in [-0.39, 0.29) is 0 Å². The molecule has 0 atom stereocenters. The largest absolute Gasteiger partial charge is 0.384 e. The summed E-state index contributed by atoms with van der Waals surface area (Å²) in [5, 5.41) is 3.19. The van der Waals surface area contributed by atoms with Crippen LogP contribution in [0, 0.1) is 6.92 Å². The Morgan fingerprint density at radius 2 is 2.12 bits per heavy atom. The van der Waals surface area contributed by atoms with E-state index in [0.29, 0.717) is 12.4 Å². The highest BCUT2D eigenvalue weighted by atomic mass is 15.0. The lowest BCUT2D eigenvalue weighted by Crippen LogP contribution is -2.03. The zero-order valence-corrected chi connectivity index (χ0v) is 9.14. The molecule has 0 unspecified atom stereocenters. The lowest BCUT2D eigenvalue weighted by Gasteiger charge is -2.05. The van der Waals surface area contributed by atoms with Crippen LogP contribution in [0.5, 0.6) is 0 Å². The number of nitrogens with two attached hydrogens (primary N) is 1. The summed E-state index contributed by atoms with van der Waals surface area (Å²) in [7, 11) is 0. The highest BCUT2D eigenvalue weighted by molar-refractivity contribution is 5.42. The zero-order valence-electron chi connectivity index (χ0n) is 9.14. The second kappa shape index (κ2) is 4.61. The van der Waals surface area contributed by atoms with Gasteiger partial charge in [-0.2, -0.15) is 0 Å². The van der Waals surface area contributed by atoms with E-state index in [1.807, 2.05) is 37.4 Å². The van der Waals surface area contributed by atoms with Crippen LogP contribution in [0.4, 0.5) is 11.6 Å². The van der Waals surface area contributed by atoms with Crippen molar-refractivity contribution in [2.24, 2.45) is 0 Å². The summed E-state index contributed by atoms with van der Waals surface area (Å²) in [6.07, 6.45) is 1.86. The molecule has 3 N–H and O–H groups in total. The molecule has 0 saturated carbocycles. The van der Waals surface area contributed by atoms with Gasteiger partial charge in [-0.05, 0) is 30.7 Å². The van der Waals surface area contributed by atoms with Crippen LogP contribution in [0.1, 0.15) is 11.3 Å². The van der Waals surface area contributed by atoms with Gasteiger partial charge in [0.25, 0.3) is 0 Å². The number of hydrogen-bond acceptors (Lipinski definition) is 4. The van der Waals surface area contributed by atoms with E-state index in [1.165, 1.54) is 0 Å². The Kier molecular flexibility index (Phi) is 3.00. The molecule has 0 amide bonds. The Morgan fingerprint density at radius 1 is 1.25 bits per heavy atom. The molecular formula is C12H14N4. The minimum absolute atomic E-state index is 0.520. The van der Waals surface area contributed by atoms with E-state index in [9.17, 15) is 0 Å². The summed E-state index contributed by atoms with van der Waals surface area (Å²) < 4.78 is 0. The normalized spacial score (nSPS) is 10.1. The second-order valence-electron chi connectivity index (χ2n) is 3.61. The first kappa shape index (κ1) is 10.4. The van der Waals surface area contributed by atoms with Crippen molar-refractivity contribution in [3.05, 3.63) is 47.8 Å². The number of anilines is 2. The van der Waals surface area contributed by atoms with Crippen LogP contribution in [0.3, 0.4) is 0 Å². The van der Waals surface area contributed by atoms with Gasteiger partial charge in [-0.25, -0.2) is 4.98 Å². The minimum Gasteiger partial charge on any atom is -0.384 e. The molecule has 0 saturated heterocycles. The molecule has 2 aromatic rings. The van der Waals surface area contributed by atoms with Crippen LogP contribution >= 0.6 is 0 Å². The fraction of sp³-hybridized carbons (Fsp3) is 0.167. The van der Waals surface area contributed by atoms with Gasteiger partial charge in [0.2, 0.25) is 0 Å². The third kappa shape index (κ3) is 2.70. The maximum absolute atomic E-state index is 5.58. The van der Waals surface area contributed by atoms with Gasteiger partial charge in [-0.15, -0.1) is 0 Å². The molecular weight excluding hydrogens is 200 g/mol. The van der Waals surface area contributed by atoms with Crippen molar-refractivity contribution in [1.82, 2.24) is 9.97 Å². The molecule has 0 radical (unpaired) electrons. The molecule has 0 spiro atoms. The highest BCUT2D eigenvalue weighted by Crippen LogP contribution is 2.08. The van der Waals surface area contributed by atoms with Crippen molar-refractivity contribution >= 4 is 11.6 Å². The summed E-state index contributed by atoms with van der Waals surface area (Å²) in [6.45, 7) is 2.67. The van der Waals surface area contributed by atoms with Crippen molar-refractivity contribution in [3.8, 4) is 0 Å². The van der Waals surface area contributed by atoms with E-state index in [2.05, 4.69) is 15.3 Å². The molecule has 82 valence electrons. The van der Waals surface area contributed by atoms with Crippen LogP contribution in [0.2, 0.25) is 0 Å². The Labute approximate surface area is 94.5 Å². The van der Waals surface area contributed by atoms with E-state index in [4.69, 9.17) is 5.73 Å².